The van der Waals surface area contributed by atoms with Gasteiger partial charge >= 0.3 is 5.97 Å². The topological polar surface area (TPSA) is 86.7 Å². The van der Waals surface area contributed by atoms with Crippen molar-refractivity contribution in [2.75, 3.05) is 13.1 Å². The molecule has 6 nitrogen and oxygen atoms in total. The Labute approximate surface area is 155 Å². The largest absolute Gasteiger partial charge is 0.481 e. The number of halogens is 2. The Kier molecular flexibility index (Phi) is 5.72. The molecule has 0 unspecified atom stereocenters. The smallest absolute Gasteiger partial charge is 0.308 e. The maximum atomic E-state index is 13.8. The summed E-state index contributed by atoms with van der Waals surface area (Å²) in [6.45, 7) is 0.585. The van der Waals surface area contributed by atoms with E-state index in [-0.39, 0.29) is 23.4 Å². The number of aliphatic carboxylic acids is 1. The lowest BCUT2D eigenvalue weighted by Crippen LogP contribution is -2.47. The molecule has 0 spiro atoms. The van der Waals surface area contributed by atoms with E-state index in [0.717, 1.165) is 18.6 Å². The predicted octanol–water partition coefficient (Wildman–Crippen LogP) is 2.19. The number of nitrogens with zero attached hydrogens (tertiary/aromatic N) is 1. The van der Waals surface area contributed by atoms with Gasteiger partial charge in [0.2, 0.25) is 5.91 Å². The Morgan fingerprint density at radius 2 is 1.78 bits per heavy atom. The number of hydrogen-bond acceptors (Lipinski definition) is 3. The molecule has 3 rings (SSSR count). The van der Waals surface area contributed by atoms with E-state index in [2.05, 4.69) is 5.32 Å². The van der Waals surface area contributed by atoms with Gasteiger partial charge in [-0.15, -0.1) is 0 Å². The fraction of sp³-hybridized carbons (Fsp3) is 0.526. The predicted molar refractivity (Wildman–Crippen MR) is 91.9 cm³/mol. The van der Waals surface area contributed by atoms with E-state index in [0.29, 0.717) is 44.8 Å². The lowest BCUT2D eigenvalue weighted by Gasteiger charge is -2.32. The first-order valence-corrected chi connectivity index (χ1v) is 9.14. The van der Waals surface area contributed by atoms with Crippen LogP contribution in [0.5, 0.6) is 0 Å². The molecule has 2 N–H and O–H groups in total. The number of likely N-dealkylation sites (tertiary alicyclic amines) is 1. The fourth-order valence-corrected chi connectivity index (χ4v) is 3.91. The fourth-order valence-electron chi connectivity index (χ4n) is 3.91. The third-order valence-corrected chi connectivity index (χ3v) is 5.48. The zero-order valence-corrected chi connectivity index (χ0v) is 14.8. The number of hydrogen-bond donors (Lipinski definition) is 2. The third-order valence-electron chi connectivity index (χ3n) is 5.48. The number of carboxylic acid groups (broad SMARTS) is 1. The zero-order valence-electron chi connectivity index (χ0n) is 14.8. The van der Waals surface area contributed by atoms with Gasteiger partial charge in [0.15, 0.2) is 0 Å². The first-order chi connectivity index (χ1) is 12.9. The molecule has 1 aromatic rings. The number of benzene rings is 1. The van der Waals surface area contributed by atoms with E-state index in [1.54, 1.807) is 0 Å². The summed E-state index contributed by atoms with van der Waals surface area (Å²) in [5, 5.41) is 12.0. The molecule has 1 saturated heterocycles. The molecule has 1 saturated carbocycles. The van der Waals surface area contributed by atoms with Gasteiger partial charge in [-0.1, -0.05) is 6.42 Å². The molecule has 1 aromatic carbocycles. The molecule has 146 valence electrons. The van der Waals surface area contributed by atoms with Gasteiger partial charge in [-0.2, -0.15) is 0 Å². The number of piperidine rings is 1. The van der Waals surface area contributed by atoms with Gasteiger partial charge in [0.25, 0.3) is 5.91 Å². The van der Waals surface area contributed by atoms with E-state index in [9.17, 15) is 28.3 Å². The highest BCUT2D eigenvalue weighted by molar-refractivity contribution is 5.94. The molecule has 1 aliphatic heterocycles. The van der Waals surface area contributed by atoms with Gasteiger partial charge in [0.05, 0.1) is 11.5 Å². The van der Waals surface area contributed by atoms with Gasteiger partial charge in [-0.05, 0) is 37.8 Å². The number of carbonyl (C=O) groups is 3. The van der Waals surface area contributed by atoms with Crippen LogP contribution in [0.1, 0.15) is 42.5 Å². The Morgan fingerprint density at radius 1 is 1.07 bits per heavy atom. The Bertz CT molecular complexity index is 747. The van der Waals surface area contributed by atoms with Crippen LogP contribution in [0.4, 0.5) is 8.78 Å². The quantitative estimate of drug-likeness (QED) is 0.838. The lowest BCUT2D eigenvalue weighted by atomic mass is 9.94. The minimum atomic E-state index is -0.902. The Hall–Kier alpha value is -2.51. The van der Waals surface area contributed by atoms with Crippen molar-refractivity contribution < 1.29 is 28.3 Å². The monoisotopic (exact) mass is 380 g/mol. The van der Waals surface area contributed by atoms with Crippen molar-refractivity contribution in [3.05, 3.63) is 35.4 Å². The van der Waals surface area contributed by atoms with E-state index < -0.39 is 29.4 Å². The van der Waals surface area contributed by atoms with E-state index in [1.807, 2.05) is 0 Å². The van der Waals surface area contributed by atoms with Crippen molar-refractivity contribution in [1.29, 1.82) is 0 Å². The maximum Gasteiger partial charge on any atom is 0.308 e. The molecule has 0 aromatic heterocycles. The molecule has 27 heavy (non-hydrogen) atoms. The summed E-state index contributed by atoms with van der Waals surface area (Å²) in [6, 6.07) is 2.49. The van der Waals surface area contributed by atoms with Crippen molar-refractivity contribution >= 4 is 17.8 Å². The molecule has 1 heterocycles. The second-order valence-corrected chi connectivity index (χ2v) is 7.18. The SMILES string of the molecule is O=C(N[C@H]1CCC[C@H]1C(=O)O)C1CCN(C(=O)c2ccc(F)cc2F)CC1. The number of rotatable bonds is 4. The second-order valence-electron chi connectivity index (χ2n) is 7.18. The number of nitrogens with one attached hydrogen (secondary N) is 1. The molecule has 0 radical (unpaired) electrons. The van der Waals surface area contributed by atoms with Gasteiger partial charge in [-0.25, -0.2) is 8.78 Å². The van der Waals surface area contributed by atoms with Crippen molar-refractivity contribution in [2.45, 2.75) is 38.1 Å². The maximum absolute atomic E-state index is 13.8. The minimum absolute atomic E-state index is 0.186. The van der Waals surface area contributed by atoms with Crippen LogP contribution in [0.3, 0.4) is 0 Å². The summed E-state index contributed by atoms with van der Waals surface area (Å²) >= 11 is 0. The Balaban J connectivity index is 1.54. The molecule has 2 aliphatic rings. The van der Waals surface area contributed by atoms with Gasteiger partial charge in [-0.3, -0.25) is 14.4 Å². The van der Waals surface area contributed by atoms with Crippen LogP contribution in [0.2, 0.25) is 0 Å². The summed E-state index contributed by atoms with van der Waals surface area (Å²) < 4.78 is 26.8. The van der Waals surface area contributed by atoms with Crippen LogP contribution in [0, 0.1) is 23.5 Å². The van der Waals surface area contributed by atoms with Gasteiger partial charge in [0.1, 0.15) is 11.6 Å². The van der Waals surface area contributed by atoms with Crippen LogP contribution >= 0.6 is 0 Å². The minimum Gasteiger partial charge on any atom is -0.481 e. The van der Waals surface area contributed by atoms with Crippen LogP contribution in [-0.4, -0.2) is 46.9 Å². The molecule has 0 bridgehead atoms. The van der Waals surface area contributed by atoms with Crippen LogP contribution < -0.4 is 5.32 Å². The van der Waals surface area contributed by atoms with Crippen LogP contribution in [0.15, 0.2) is 18.2 Å². The molecule has 2 atom stereocenters. The van der Waals surface area contributed by atoms with E-state index in [1.165, 1.54) is 4.90 Å². The molecular formula is C19H22F2N2O4. The highest BCUT2D eigenvalue weighted by atomic mass is 19.1. The average Bonchev–Trinajstić information content (AvgIpc) is 3.10. The van der Waals surface area contributed by atoms with E-state index in [4.69, 9.17) is 0 Å². The van der Waals surface area contributed by atoms with Crippen LogP contribution in [0.25, 0.3) is 0 Å². The molecule has 1 aliphatic carbocycles. The number of carboxylic acids is 1. The molecule has 8 heteroatoms. The first-order valence-electron chi connectivity index (χ1n) is 9.14. The van der Waals surface area contributed by atoms with Crippen molar-refractivity contribution in [3.8, 4) is 0 Å². The zero-order chi connectivity index (χ0) is 19.6. The van der Waals surface area contributed by atoms with Gasteiger partial charge in [0, 0.05) is 31.1 Å². The molecule has 2 fully saturated rings. The molecule has 2 amide bonds. The third kappa shape index (κ3) is 4.26. The van der Waals surface area contributed by atoms with Crippen LogP contribution in [-0.2, 0) is 9.59 Å². The second kappa shape index (κ2) is 8.02. The Morgan fingerprint density at radius 3 is 2.41 bits per heavy atom. The average molecular weight is 380 g/mol. The van der Waals surface area contributed by atoms with Crippen molar-refractivity contribution in [2.24, 2.45) is 11.8 Å². The van der Waals surface area contributed by atoms with Crippen molar-refractivity contribution in [3.63, 3.8) is 0 Å². The summed E-state index contributed by atoms with van der Waals surface area (Å²) in [4.78, 5) is 37.5. The number of carbonyl (C=O) groups excluding carboxylic acids is 2. The van der Waals surface area contributed by atoms with E-state index >= 15 is 0 Å². The highest BCUT2D eigenvalue weighted by Crippen LogP contribution is 2.27. The standard InChI is InChI=1S/C19H22F2N2O4/c20-12-4-5-13(15(21)10-12)18(25)23-8-6-11(7-9-23)17(24)22-16-3-1-2-14(16)19(26)27/h4-5,10-11,14,16H,1-3,6-9H2,(H,22,24)(H,26,27)/t14-,16+/m1/s1. The first kappa shape index (κ1) is 19.3. The normalized spacial score (nSPS) is 23.3. The highest BCUT2D eigenvalue weighted by Gasteiger charge is 2.36. The lowest BCUT2D eigenvalue weighted by molar-refractivity contribution is -0.142. The van der Waals surface area contributed by atoms with Gasteiger partial charge < -0.3 is 15.3 Å². The summed E-state index contributed by atoms with van der Waals surface area (Å²) in [5.74, 6) is -4.09. The number of amides is 2. The molecular weight excluding hydrogens is 358 g/mol. The van der Waals surface area contributed by atoms with Crippen molar-refractivity contribution in [1.82, 2.24) is 10.2 Å². The summed E-state index contributed by atoms with van der Waals surface area (Å²) in [5.41, 5.74) is -0.186. The summed E-state index contributed by atoms with van der Waals surface area (Å²) in [7, 11) is 0. The summed E-state index contributed by atoms with van der Waals surface area (Å²) in [6.07, 6.45) is 2.84.